The molecule has 1 aliphatic heterocycles. The van der Waals surface area contributed by atoms with Crippen molar-refractivity contribution in [1.82, 2.24) is 10.2 Å². The number of carbonyl (C=O) groups is 2. The molecule has 0 bridgehead atoms. The second-order valence-corrected chi connectivity index (χ2v) is 9.88. The lowest BCUT2D eigenvalue weighted by molar-refractivity contribution is -0.135. The molecule has 0 saturated carbocycles. The van der Waals surface area contributed by atoms with Gasteiger partial charge in [0.2, 0.25) is 0 Å². The van der Waals surface area contributed by atoms with Crippen molar-refractivity contribution in [3.63, 3.8) is 0 Å². The first-order valence-electron chi connectivity index (χ1n) is 11.6. The van der Waals surface area contributed by atoms with Crippen LogP contribution in [0.1, 0.15) is 48.7 Å². The van der Waals surface area contributed by atoms with Gasteiger partial charge in [0.25, 0.3) is 5.91 Å². The summed E-state index contributed by atoms with van der Waals surface area (Å²) in [6.07, 6.45) is 2.50. The summed E-state index contributed by atoms with van der Waals surface area (Å²) in [4.78, 5) is 27.7. The first kappa shape index (κ1) is 24.5. The molecule has 1 N–H and O–H groups in total. The number of hydrogen-bond donors (Lipinski definition) is 1. The van der Waals surface area contributed by atoms with Crippen LogP contribution in [0.2, 0.25) is 0 Å². The van der Waals surface area contributed by atoms with Crippen LogP contribution in [0.25, 0.3) is 0 Å². The van der Waals surface area contributed by atoms with E-state index in [4.69, 9.17) is 9.47 Å². The van der Waals surface area contributed by atoms with Crippen molar-refractivity contribution in [2.24, 2.45) is 0 Å². The Morgan fingerprint density at radius 2 is 1.83 bits per heavy atom. The van der Waals surface area contributed by atoms with E-state index in [0.717, 1.165) is 11.3 Å². The lowest BCUT2D eigenvalue weighted by Crippen LogP contribution is -2.59. The average molecular weight is 479 g/mol. The predicted octanol–water partition coefficient (Wildman–Crippen LogP) is 4.64. The standard InChI is InChI=1S/C28H31FN2O4/c1-17-7-9-18(10-8-17)25(32)35-16-21-24-22(30-27(2,3)26(33)31(24)5)13-14-28(21,4)20-15-19(29)11-12-23(20)34-6/h7-13,15,30H,14,16H2,1-6H3. The van der Waals surface area contributed by atoms with E-state index in [1.807, 2.05) is 45.9 Å². The van der Waals surface area contributed by atoms with Crippen molar-refractivity contribution in [3.05, 3.63) is 88.0 Å². The highest BCUT2D eigenvalue weighted by Gasteiger charge is 2.46. The van der Waals surface area contributed by atoms with Gasteiger partial charge in [-0.15, -0.1) is 0 Å². The Morgan fingerprint density at radius 1 is 1.14 bits per heavy atom. The third-order valence-corrected chi connectivity index (χ3v) is 6.93. The molecule has 1 unspecified atom stereocenters. The van der Waals surface area contributed by atoms with Crippen LogP contribution in [0.4, 0.5) is 4.39 Å². The number of benzene rings is 2. The topological polar surface area (TPSA) is 67.9 Å². The zero-order valence-electron chi connectivity index (χ0n) is 21.0. The van der Waals surface area contributed by atoms with Gasteiger partial charge in [0.1, 0.15) is 23.7 Å². The molecule has 0 radical (unpaired) electrons. The maximum absolute atomic E-state index is 14.4. The number of carbonyl (C=O) groups excluding carboxylic acids is 2. The zero-order valence-corrected chi connectivity index (χ0v) is 21.0. The number of fused-ring (bicyclic) bond motifs is 1. The van der Waals surface area contributed by atoms with Crippen molar-refractivity contribution < 1.29 is 23.5 Å². The third-order valence-electron chi connectivity index (χ3n) is 6.93. The highest BCUT2D eigenvalue weighted by molar-refractivity contribution is 5.91. The van der Waals surface area contributed by atoms with E-state index in [1.165, 1.54) is 19.2 Å². The molecule has 35 heavy (non-hydrogen) atoms. The van der Waals surface area contributed by atoms with E-state index in [2.05, 4.69) is 5.32 Å². The molecule has 1 fully saturated rings. The van der Waals surface area contributed by atoms with Crippen molar-refractivity contribution in [2.45, 2.75) is 45.1 Å². The van der Waals surface area contributed by atoms with Gasteiger partial charge in [-0.25, -0.2) is 9.18 Å². The number of amides is 1. The Kier molecular flexibility index (Phi) is 6.21. The number of methoxy groups -OCH3 is 1. The molecule has 1 atom stereocenters. The van der Waals surface area contributed by atoms with Crippen LogP contribution >= 0.6 is 0 Å². The molecule has 4 rings (SSSR count). The Bertz CT molecular complexity index is 1250. The second-order valence-electron chi connectivity index (χ2n) is 9.88. The monoisotopic (exact) mass is 478 g/mol. The van der Waals surface area contributed by atoms with Crippen LogP contribution in [0.15, 0.2) is 65.5 Å². The minimum absolute atomic E-state index is 0.0741. The Hall–Kier alpha value is -3.61. The number of nitrogens with one attached hydrogen (secondary N) is 1. The molecule has 7 heteroatoms. The largest absolute Gasteiger partial charge is 0.496 e. The Balaban J connectivity index is 1.82. The number of aryl methyl sites for hydroxylation is 1. The summed E-state index contributed by atoms with van der Waals surface area (Å²) in [5.74, 6) is -0.472. The number of allylic oxidation sites excluding steroid dienone is 1. The van der Waals surface area contributed by atoms with E-state index in [0.29, 0.717) is 34.6 Å². The van der Waals surface area contributed by atoms with E-state index < -0.39 is 22.7 Å². The average Bonchev–Trinajstić information content (AvgIpc) is 2.82. The van der Waals surface area contributed by atoms with Gasteiger partial charge in [-0.2, -0.15) is 0 Å². The molecule has 1 saturated heterocycles. The summed E-state index contributed by atoms with van der Waals surface area (Å²) >= 11 is 0. The second kappa shape index (κ2) is 8.87. The fourth-order valence-electron chi connectivity index (χ4n) is 4.88. The van der Waals surface area contributed by atoms with Crippen LogP contribution in [-0.4, -0.2) is 43.1 Å². The summed E-state index contributed by atoms with van der Waals surface area (Å²) in [6.45, 7) is 7.47. The highest BCUT2D eigenvalue weighted by Crippen LogP contribution is 2.47. The van der Waals surface area contributed by atoms with Crippen LogP contribution in [-0.2, 0) is 14.9 Å². The van der Waals surface area contributed by atoms with E-state index in [9.17, 15) is 14.0 Å². The number of hydrogen-bond acceptors (Lipinski definition) is 5. The van der Waals surface area contributed by atoms with Crippen molar-refractivity contribution in [2.75, 3.05) is 20.8 Å². The smallest absolute Gasteiger partial charge is 0.338 e. The number of rotatable bonds is 5. The molecule has 0 spiro atoms. The van der Waals surface area contributed by atoms with Gasteiger partial charge >= 0.3 is 5.97 Å². The van der Waals surface area contributed by atoms with Gasteiger partial charge in [-0.05, 0) is 57.5 Å². The maximum atomic E-state index is 14.4. The minimum Gasteiger partial charge on any atom is -0.496 e. The summed E-state index contributed by atoms with van der Waals surface area (Å²) in [5.41, 5.74) is 2.61. The molecule has 1 aliphatic carbocycles. The minimum atomic E-state index is -0.794. The molecule has 2 aromatic rings. The van der Waals surface area contributed by atoms with Gasteiger partial charge < -0.3 is 19.7 Å². The molecule has 2 aromatic carbocycles. The third kappa shape index (κ3) is 4.31. The number of piperazine rings is 1. The number of likely N-dealkylation sites (N-methyl/N-ethyl adjacent to an activating group) is 1. The van der Waals surface area contributed by atoms with Crippen LogP contribution < -0.4 is 10.1 Å². The predicted molar refractivity (Wildman–Crippen MR) is 131 cm³/mol. The lowest BCUT2D eigenvalue weighted by Gasteiger charge is -2.46. The van der Waals surface area contributed by atoms with Gasteiger partial charge in [0.15, 0.2) is 0 Å². The van der Waals surface area contributed by atoms with Crippen LogP contribution in [0, 0.1) is 12.7 Å². The maximum Gasteiger partial charge on any atom is 0.338 e. The van der Waals surface area contributed by atoms with Crippen molar-refractivity contribution in [1.29, 1.82) is 0 Å². The lowest BCUT2D eigenvalue weighted by atomic mass is 9.68. The van der Waals surface area contributed by atoms with Gasteiger partial charge in [-0.1, -0.05) is 30.7 Å². The normalized spacial score (nSPS) is 21.2. The Labute approximate surface area is 205 Å². The quantitative estimate of drug-likeness (QED) is 0.635. The van der Waals surface area contributed by atoms with Crippen molar-refractivity contribution in [3.8, 4) is 5.75 Å². The summed E-state index contributed by atoms with van der Waals surface area (Å²) < 4.78 is 25.8. The van der Waals surface area contributed by atoms with Gasteiger partial charge in [0, 0.05) is 23.6 Å². The molecular weight excluding hydrogens is 447 g/mol. The first-order chi connectivity index (χ1) is 16.5. The van der Waals surface area contributed by atoms with Crippen LogP contribution in [0.5, 0.6) is 5.75 Å². The summed E-state index contributed by atoms with van der Waals surface area (Å²) in [7, 11) is 3.25. The summed E-state index contributed by atoms with van der Waals surface area (Å²) in [5, 5.41) is 3.33. The fraction of sp³-hybridized carbons (Fsp3) is 0.357. The highest BCUT2D eigenvalue weighted by atomic mass is 19.1. The molecule has 0 aromatic heterocycles. The molecule has 1 amide bonds. The Morgan fingerprint density at radius 3 is 2.49 bits per heavy atom. The number of halogens is 1. The SMILES string of the molecule is COc1ccc(F)cc1C1(C)CC=C2NC(C)(C)C(=O)N(C)C2=C1COC(=O)c1ccc(C)cc1. The number of esters is 1. The zero-order chi connectivity index (χ0) is 25.5. The van der Waals surface area contributed by atoms with Crippen LogP contribution in [0.3, 0.4) is 0 Å². The van der Waals surface area contributed by atoms with Gasteiger partial charge in [-0.3, -0.25) is 4.79 Å². The van der Waals surface area contributed by atoms with Gasteiger partial charge in [0.05, 0.1) is 24.1 Å². The molecule has 184 valence electrons. The van der Waals surface area contributed by atoms with E-state index in [1.54, 1.807) is 30.1 Å². The molecule has 2 aliphatic rings. The number of ether oxygens (including phenoxy) is 2. The molecule has 1 heterocycles. The summed E-state index contributed by atoms with van der Waals surface area (Å²) in [6, 6.07) is 11.5. The molecule has 6 nitrogen and oxygen atoms in total. The van der Waals surface area contributed by atoms with E-state index >= 15 is 0 Å². The van der Waals surface area contributed by atoms with E-state index in [-0.39, 0.29) is 12.5 Å². The fourth-order valence-corrected chi connectivity index (χ4v) is 4.88. The molecular formula is C28H31FN2O4. The van der Waals surface area contributed by atoms with Crippen molar-refractivity contribution >= 4 is 11.9 Å². The number of nitrogens with zero attached hydrogens (tertiary/aromatic N) is 1. The first-order valence-corrected chi connectivity index (χ1v) is 11.6.